The van der Waals surface area contributed by atoms with Gasteiger partial charge in [-0.2, -0.15) is 13.2 Å². The molecule has 0 saturated carbocycles. The fourth-order valence-corrected chi connectivity index (χ4v) is 4.32. The Morgan fingerprint density at radius 2 is 1.75 bits per heavy atom. The van der Waals surface area contributed by atoms with Crippen LogP contribution in [0.5, 0.6) is 0 Å². The van der Waals surface area contributed by atoms with Crippen molar-refractivity contribution in [2.75, 3.05) is 0 Å². The first-order valence-corrected chi connectivity index (χ1v) is 11.0. The average Bonchev–Trinajstić information content (AvgIpc) is 2.76. The number of thioether (sulfide) groups is 1. The van der Waals surface area contributed by atoms with Crippen LogP contribution in [0.2, 0.25) is 10.0 Å². The number of halogens is 5. The first kappa shape index (κ1) is 22.6. The van der Waals surface area contributed by atoms with E-state index in [2.05, 4.69) is 9.97 Å². The Balaban J connectivity index is 1.73. The van der Waals surface area contributed by atoms with Crippen molar-refractivity contribution in [3.8, 4) is 0 Å². The highest BCUT2D eigenvalue weighted by Gasteiger charge is 2.31. The van der Waals surface area contributed by atoms with Gasteiger partial charge in [-0.1, -0.05) is 59.2 Å². The van der Waals surface area contributed by atoms with E-state index in [1.165, 1.54) is 16.3 Å². The standard InChI is InChI=1S/C22H14Cl2F3N3OS/c23-15-7-5-13(6-8-15)12-32-21-29-18-4-2-1-3-16(18)20(31)30(21)11-19-17(24)9-14(10-28-19)22(25,26)27/h1-10H,11-12H2. The number of para-hydroxylation sites is 1. The van der Waals surface area contributed by atoms with Crippen molar-refractivity contribution in [3.63, 3.8) is 0 Å². The fourth-order valence-electron chi connectivity index (χ4n) is 3.01. The van der Waals surface area contributed by atoms with Crippen molar-refractivity contribution in [2.45, 2.75) is 23.6 Å². The molecule has 0 radical (unpaired) electrons. The molecule has 32 heavy (non-hydrogen) atoms. The van der Waals surface area contributed by atoms with Crippen LogP contribution in [0.3, 0.4) is 0 Å². The quantitative estimate of drug-likeness (QED) is 0.235. The SMILES string of the molecule is O=c1c2ccccc2nc(SCc2ccc(Cl)cc2)n1Cc1ncc(C(F)(F)F)cc1Cl. The van der Waals surface area contributed by atoms with Crippen LogP contribution < -0.4 is 5.56 Å². The van der Waals surface area contributed by atoms with Gasteiger partial charge in [0.25, 0.3) is 5.56 Å². The number of nitrogens with zero attached hydrogens (tertiary/aromatic N) is 3. The lowest BCUT2D eigenvalue weighted by atomic mass is 10.2. The summed E-state index contributed by atoms with van der Waals surface area (Å²) in [5.74, 6) is 0.510. The lowest BCUT2D eigenvalue weighted by Crippen LogP contribution is -2.24. The van der Waals surface area contributed by atoms with Gasteiger partial charge in [0.1, 0.15) is 0 Å². The van der Waals surface area contributed by atoms with E-state index in [4.69, 9.17) is 23.2 Å². The van der Waals surface area contributed by atoms with Crippen molar-refractivity contribution in [1.82, 2.24) is 14.5 Å². The molecule has 164 valence electrons. The van der Waals surface area contributed by atoms with E-state index in [9.17, 15) is 18.0 Å². The molecule has 10 heteroatoms. The van der Waals surface area contributed by atoms with E-state index in [1.807, 2.05) is 12.1 Å². The van der Waals surface area contributed by atoms with Gasteiger partial charge in [0.2, 0.25) is 0 Å². The number of aromatic nitrogens is 3. The third-order valence-corrected chi connectivity index (χ3v) is 6.29. The Kier molecular flexibility index (Phi) is 6.46. The Morgan fingerprint density at radius 1 is 1.03 bits per heavy atom. The van der Waals surface area contributed by atoms with Gasteiger partial charge in [-0.05, 0) is 35.9 Å². The smallest absolute Gasteiger partial charge is 0.281 e. The molecule has 0 aliphatic carbocycles. The molecule has 0 atom stereocenters. The highest BCUT2D eigenvalue weighted by molar-refractivity contribution is 7.98. The minimum Gasteiger partial charge on any atom is -0.281 e. The summed E-state index contributed by atoms with van der Waals surface area (Å²) in [6.07, 6.45) is -3.85. The van der Waals surface area contributed by atoms with Crippen LogP contribution in [-0.4, -0.2) is 14.5 Å². The van der Waals surface area contributed by atoms with E-state index < -0.39 is 11.7 Å². The number of hydrogen-bond donors (Lipinski definition) is 0. The molecule has 0 saturated heterocycles. The molecule has 0 spiro atoms. The minimum atomic E-state index is -4.56. The maximum absolute atomic E-state index is 13.2. The molecule has 0 aliphatic rings. The Bertz CT molecular complexity index is 1340. The molecule has 2 aromatic heterocycles. The summed E-state index contributed by atoms with van der Waals surface area (Å²) in [7, 11) is 0. The van der Waals surface area contributed by atoms with E-state index in [0.29, 0.717) is 33.0 Å². The van der Waals surface area contributed by atoms with Gasteiger partial charge in [-0.25, -0.2) is 4.98 Å². The number of pyridine rings is 1. The maximum atomic E-state index is 13.2. The second-order valence-corrected chi connectivity index (χ2v) is 8.65. The van der Waals surface area contributed by atoms with Crippen molar-refractivity contribution >= 4 is 45.9 Å². The van der Waals surface area contributed by atoms with Crippen LogP contribution >= 0.6 is 35.0 Å². The number of alkyl halides is 3. The Labute approximate surface area is 195 Å². The summed E-state index contributed by atoms with van der Waals surface area (Å²) < 4.78 is 40.2. The summed E-state index contributed by atoms with van der Waals surface area (Å²) in [6, 6.07) is 15.0. The van der Waals surface area contributed by atoms with Crippen LogP contribution in [0, 0.1) is 0 Å². The lowest BCUT2D eigenvalue weighted by Gasteiger charge is -2.14. The number of hydrogen-bond acceptors (Lipinski definition) is 4. The van der Waals surface area contributed by atoms with Gasteiger partial charge >= 0.3 is 6.18 Å². The van der Waals surface area contributed by atoms with Gasteiger partial charge in [0.15, 0.2) is 5.16 Å². The summed E-state index contributed by atoms with van der Waals surface area (Å²) in [6.45, 7) is -0.114. The largest absolute Gasteiger partial charge is 0.417 e. The van der Waals surface area contributed by atoms with Crippen molar-refractivity contribution in [1.29, 1.82) is 0 Å². The molecule has 4 rings (SSSR count). The highest BCUT2D eigenvalue weighted by atomic mass is 35.5. The average molecular weight is 496 g/mol. The summed E-state index contributed by atoms with van der Waals surface area (Å²) in [5, 5.41) is 1.24. The number of rotatable bonds is 5. The van der Waals surface area contributed by atoms with Crippen molar-refractivity contribution in [3.05, 3.63) is 98.0 Å². The predicted molar refractivity (Wildman–Crippen MR) is 120 cm³/mol. The normalized spacial score (nSPS) is 11.8. The molecule has 0 N–H and O–H groups in total. The molecule has 0 aliphatic heterocycles. The Hall–Kier alpha value is -2.55. The second kappa shape index (κ2) is 9.13. The monoisotopic (exact) mass is 495 g/mol. The fraction of sp³-hybridized carbons (Fsp3) is 0.136. The zero-order chi connectivity index (χ0) is 22.9. The zero-order valence-corrected chi connectivity index (χ0v) is 18.6. The molecule has 4 aromatic rings. The lowest BCUT2D eigenvalue weighted by molar-refractivity contribution is -0.137. The molecular weight excluding hydrogens is 482 g/mol. The topological polar surface area (TPSA) is 47.8 Å². The third-order valence-electron chi connectivity index (χ3n) is 4.66. The van der Waals surface area contributed by atoms with Crippen LogP contribution in [-0.2, 0) is 18.5 Å². The molecule has 0 unspecified atom stereocenters. The van der Waals surface area contributed by atoms with Gasteiger partial charge < -0.3 is 0 Å². The Morgan fingerprint density at radius 3 is 2.44 bits per heavy atom. The summed E-state index contributed by atoms with van der Waals surface area (Å²) >= 11 is 13.3. The number of benzene rings is 2. The van der Waals surface area contributed by atoms with Crippen molar-refractivity contribution < 1.29 is 13.2 Å². The van der Waals surface area contributed by atoms with E-state index in [0.717, 1.165) is 11.6 Å². The molecular formula is C22H14Cl2F3N3OS. The zero-order valence-electron chi connectivity index (χ0n) is 16.2. The first-order chi connectivity index (χ1) is 15.2. The molecule has 4 nitrogen and oxygen atoms in total. The van der Waals surface area contributed by atoms with Gasteiger partial charge in [0, 0.05) is 17.0 Å². The van der Waals surface area contributed by atoms with E-state index in [1.54, 1.807) is 36.4 Å². The van der Waals surface area contributed by atoms with Gasteiger partial charge in [-0.3, -0.25) is 14.3 Å². The van der Waals surface area contributed by atoms with Crippen LogP contribution in [0.15, 0.2) is 70.7 Å². The third kappa shape index (κ3) is 4.92. The second-order valence-electron chi connectivity index (χ2n) is 6.87. The predicted octanol–water partition coefficient (Wildman–Crippen LogP) is 6.46. The minimum absolute atomic E-state index is 0.114. The van der Waals surface area contributed by atoms with E-state index in [-0.39, 0.29) is 22.8 Å². The van der Waals surface area contributed by atoms with Crippen LogP contribution in [0.25, 0.3) is 10.9 Å². The summed E-state index contributed by atoms with van der Waals surface area (Å²) in [5.41, 5.74) is 0.365. The molecule has 2 aromatic carbocycles. The maximum Gasteiger partial charge on any atom is 0.417 e. The molecule has 0 fully saturated rings. The number of fused-ring (bicyclic) bond motifs is 1. The van der Waals surface area contributed by atoms with Crippen LogP contribution in [0.4, 0.5) is 13.2 Å². The molecule has 0 amide bonds. The first-order valence-electron chi connectivity index (χ1n) is 9.31. The van der Waals surface area contributed by atoms with E-state index >= 15 is 0 Å². The molecule has 2 heterocycles. The summed E-state index contributed by atoms with van der Waals surface area (Å²) in [4.78, 5) is 21.7. The van der Waals surface area contributed by atoms with Crippen LogP contribution in [0.1, 0.15) is 16.8 Å². The van der Waals surface area contributed by atoms with Crippen molar-refractivity contribution in [2.24, 2.45) is 0 Å². The van der Waals surface area contributed by atoms with Gasteiger partial charge in [0.05, 0.1) is 33.7 Å². The molecule has 0 bridgehead atoms. The highest BCUT2D eigenvalue weighted by Crippen LogP contribution is 2.31. The van der Waals surface area contributed by atoms with Gasteiger partial charge in [-0.15, -0.1) is 0 Å².